The van der Waals surface area contributed by atoms with E-state index < -0.39 is 0 Å². The monoisotopic (exact) mass is 350 g/mol. The molecule has 7 nitrogen and oxygen atoms in total. The maximum atomic E-state index is 12.7. The third-order valence-electron chi connectivity index (χ3n) is 5.22. The topological polar surface area (TPSA) is 69.3 Å². The van der Waals surface area contributed by atoms with Gasteiger partial charge in [0.05, 0.1) is 33.1 Å². The van der Waals surface area contributed by atoms with Gasteiger partial charge in [-0.3, -0.25) is 0 Å². The molecule has 1 heterocycles. The highest BCUT2D eigenvalue weighted by Crippen LogP contribution is 2.41. The van der Waals surface area contributed by atoms with E-state index in [-0.39, 0.29) is 12.1 Å². The van der Waals surface area contributed by atoms with Crippen LogP contribution in [-0.2, 0) is 4.74 Å². The SMILES string of the molecule is COc1cc(NC(=O)N2CC3CCC(C2)C3OC)cc(OC)c1OC. The van der Waals surface area contributed by atoms with Crippen LogP contribution in [0.3, 0.4) is 0 Å². The molecule has 0 aromatic heterocycles. The number of amides is 2. The number of hydrogen-bond donors (Lipinski definition) is 1. The summed E-state index contributed by atoms with van der Waals surface area (Å²) in [4.78, 5) is 14.6. The Hall–Kier alpha value is -2.15. The van der Waals surface area contributed by atoms with Gasteiger partial charge in [-0.05, 0) is 12.8 Å². The maximum Gasteiger partial charge on any atom is 0.321 e. The van der Waals surface area contributed by atoms with E-state index >= 15 is 0 Å². The van der Waals surface area contributed by atoms with E-state index in [9.17, 15) is 4.79 Å². The highest BCUT2D eigenvalue weighted by molar-refractivity contribution is 5.90. The van der Waals surface area contributed by atoms with E-state index in [1.807, 2.05) is 4.90 Å². The van der Waals surface area contributed by atoms with E-state index in [4.69, 9.17) is 18.9 Å². The van der Waals surface area contributed by atoms with E-state index in [0.717, 1.165) is 25.9 Å². The van der Waals surface area contributed by atoms with Crippen LogP contribution in [-0.4, -0.2) is 58.6 Å². The van der Waals surface area contributed by atoms with Gasteiger partial charge in [0, 0.05) is 44.2 Å². The Labute approximate surface area is 148 Å². The molecule has 1 aliphatic heterocycles. The number of nitrogens with zero attached hydrogens (tertiary/aromatic N) is 1. The summed E-state index contributed by atoms with van der Waals surface area (Å²) < 4.78 is 21.6. The second-order valence-corrected chi connectivity index (χ2v) is 6.55. The van der Waals surface area contributed by atoms with Crippen LogP contribution < -0.4 is 19.5 Å². The molecule has 25 heavy (non-hydrogen) atoms. The molecule has 1 aromatic carbocycles. The Morgan fingerprint density at radius 1 is 1.00 bits per heavy atom. The number of rotatable bonds is 5. The molecule has 2 unspecified atom stereocenters. The number of ether oxygens (including phenoxy) is 4. The number of hydrogen-bond acceptors (Lipinski definition) is 5. The van der Waals surface area contributed by atoms with Crippen LogP contribution >= 0.6 is 0 Å². The number of urea groups is 1. The molecule has 0 spiro atoms. The Morgan fingerprint density at radius 3 is 2.00 bits per heavy atom. The van der Waals surface area contributed by atoms with Gasteiger partial charge in [-0.15, -0.1) is 0 Å². The quantitative estimate of drug-likeness (QED) is 0.884. The fourth-order valence-electron chi connectivity index (χ4n) is 4.08. The van der Waals surface area contributed by atoms with Gasteiger partial charge in [0.2, 0.25) is 5.75 Å². The van der Waals surface area contributed by atoms with E-state index in [1.54, 1.807) is 40.6 Å². The number of carbonyl (C=O) groups excluding carboxylic acids is 1. The minimum Gasteiger partial charge on any atom is -0.493 e. The lowest BCUT2D eigenvalue weighted by Crippen LogP contribution is -2.49. The van der Waals surface area contributed by atoms with Crippen LogP contribution in [0.5, 0.6) is 17.2 Å². The highest BCUT2D eigenvalue weighted by Gasteiger charge is 2.43. The number of anilines is 1. The van der Waals surface area contributed by atoms with Crippen LogP contribution in [0.1, 0.15) is 12.8 Å². The smallest absolute Gasteiger partial charge is 0.321 e. The summed E-state index contributed by atoms with van der Waals surface area (Å²) >= 11 is 0. The zero-order valence-electron chi connectivity index (χ0n) is 15.2. The van der Waals surface area contributed by atoms with Crippen molar-refractivity contribution < 1.29 is 23.7 Å². The molecule has 0 radical (unpaired) electrons. The van der Waals surface area contributed by atoms with Gasteiger partial charge in [0.15, 0.2) is 11.5 Å². The molecule has 2 amide bonds. The highest BCUT2D eigenvalue weighted by atomic mass is 16.5. The molecule has 2 fully saturated rings. The fourth-order valence-corrected chi connectivity index (χ4v) is 4.08. The zero-order valence-corrected chi connectivity index (χ0v) is 15.2. The number of piperidine rings is 1. The lowest BCUT2D eigenvalue weighted by atomic mass is 9.95. The van der Waals surface area contributed by atoms with Crippen LogP contribution in [0.25, 0.3) is 0 Å². The second-order valence-electron chi connectivity index (χ2n) is 6.55. The first-order valence-electron chi connectivity index (χ1n) is 8.50. The van der Waals surface area contributed by atoms with E-state index in [0.29, 0.717) is 34.8 Å². The molecule has 1 aromatic rings. The Kier molecular flexibility index (Phi) is 5.22. The maximum absolute atomic E-state index is 12.7. The molecular formula is C18H26N2O5. The first-order chi connectivity index (χ1) is 12.1. The average molecular weight is 350 g/mol. The Bertz CT molecular complexity index is 597. The number of likely N-dealkylation sites (tertiary alicyclic amines) is 1. The van der Waals surface area contributed by atoms with Gasteiger partial charge in [-0.1, -0.05) is 0 Å². The van der Waals surface area contributed by atoms with Crippen molar-refractivity contribution in [1.82, 2.24) is 4.90 Å². The van der Waals surface area contributed by atoms with Crippen LogP contribution in [0.15, 0.2) is 12.1 Å². The summed E-state index contributed by atoms with van der Waals surface area (Å²) in [5.41, 5.74) is 0.612. The summed E-state index contributed by atoms with van der Waals surface area (Å²) in [5, 5.41) is 2.94. The van der Waals surface area contributed by atoms with Crippen molar-refractivity contribution in [3.63, 3.8) is 0 Å². The molecule has 2 bridgehead atoms. The Morgan fingerprint density at radius 2 is 1.56 bits per heavy atom. The number of methoxy groups -OCH3 is 4. The summed E-state index contributed by atoms with van der Waals surface area (Å²) in [6.45, 7) is 1.45. The molecule has 2 atom stereocenters. The summed E-state index contributed by atoms with van der Waals surface area (Å²) in [6, 6.07) is 3.35. The average Bonchev–Trinajstić information content (AvgIpc) is 2.88. The van der Waals surface area contributed by atoms with Gasteiger partial charge < -0.3 is 29.2 Å². The third kappa shape index (κ3) is 3.33. The molecule has 3 rings (SSSR count). The van der Waals surface area contributed by atoms with Crippen molar-refractivity contribution in [2.24, 2.45) is 11.8 Å². The molecule has 7 heteroatoms. The van der Waals surface area contributed by atoms with Crippen LogP contribution in [0.2, 0.25) is 0 Å². The molecule has 1 N–H and O–H groups in total. The number of nitrogens with one attached hydrogen (secondary N) is 1. The van der Waals surface area contributed by atoms with E-state index in [2.05, 4.69) is 5.32 Å². The third-order valence-corrected chi connectivity index (χ3v) is 5.22. The first-order valence-corrected chi connectivity index (χ1v) is 8.50. The normalized spacial score (nSPS) is 24.8. The largest absolute Gasteiger partial charge is 0.493 e. The first kappa shape index (κ1) is 17.7. The van der Waals surface area contributed by atoms with Gasteiger partial charge in [-0.25, -0.2) is 4.79 Å². The van der Waals surface area contributed by atoms with Crippen LogP contribution in [0, 0.1) is 11.8 Å². The molecule has 1 saturated carbocycles. The van der Waals surface area contributed by atoms with Crippen LogP contribution in [0.4, 0.5) is 10.5 Å². The number of benzene rings is 1. The van der Waals surface area contributed by atoms with Gasteiger partial charge in [0.25, 0.3) is 0 Å². The predicted octanol–water partition coefficient (Wildman–Crippen LogP) is 2.60. The van der Waals surface area contributed by atoms with E-state index in [1.165, 1.54) is 0 Å². The summed E-state index contributed by atoms with van der Waals surface area (Å²) in [5.74, 6) is 2.37. The number of fused-ring (bicyclic) bond motifs is 2. The second kappa shape index (κ2) is 7.39. The molecule has 138 valence electrons. The van der Waals surface area contributed by atoms with Crippen molar-refractivity contribution >= 4 is 11.7 Å². The fraction of sp³-hybridized carbons (Fsp3) is 0.611. The molecule has 2 aliphatic rings. The van der Waals surface area contributed by atoms with Crippen molar-refractivity contribution in [2.75, 3.05) is 46.8 Å². The van der Waals surface area contributed by atoms with Crippen molar-refractivity contribution in [2.45, 2.75) is 18.9 Å². The van der Waals surface area contributed by atoms with Crippen molar-refractivity contribution in [1.29, 1.82) is 0 Å². The Balaban J connectivity index is 1.73. The van der Waals surface area contributed by atoms with Gasteiger partial charge >= 0.3 is 6.03 Å². The van der Waals surface area contributed by atoms with Crippen molar-refractivity contribution in [3.05, 3.63) is 12.1 Å². The zero-order chi connectivity index (χ0) is 18.0. The van der Waals surface area contributed by atoms with Gasteiger partial charge in [-0.2, -0.15) is 0 Å². The summed E-state index contributed by atoms with van der Waals surface area (Å²) in [6.07, 6.45) is 2.53. The molecule has 1 aliphatic carbocycles. The lowest BCUT2D eigenvalue weighted by molar-refractivity contribution is -0.00364. The summed E-state index contributed by atoms with van der Waals surface area (Å²) in [7, 11) is 6.42. The molecule has 1 saturated heterocycles. The standard InChI is InChI=1S/C18H26N2O5/c1-22-14-7-13(8-15(23-2)17(14)25-4)19-18(21)20-9-11-5-6-12(10-20)16(11)24-3/h7-8,11-12,16H,5-6,9-10H2,1-4H3,(H,19,21). The minimum absolute atomic E-state index is 0.110. The predicted molar refractivity (Wildman–Crippen MR) is 93.7 cm³/mol. The molecular weight excluding hydrogens is 324 g/mol. The lowest BCUT2D eigenvalue weighted by Gasteiger charge is -2.37. The van der Waals surface area contributed by atoms with Gasteiger partial charge in [0.1, 0.15) is 0 Å². The van der Waals surface area contributed by atoms with Crippen molar-refractivity contribution in [3.8, 4) is 17.2 Å². The number of carbonyl (C=O) groups is 1. The minimum atomic E-state index is -0.110.